The van der Waals surface area contributed by atoms with Crippen molar-refractivity contribution in [3.8, 4) is 11.8 Å². The Morgan fingerprint density at radius 1 is 1.44 bits per heavy atom. The molecule has 0 aliphatic heterocycles. The number of hydrogen-bond acceptors (Lipinski definition) is 4. The molecule has 0 unspecified atom stereocenters. The molecule has 0 N–H and O–H groups in total. The van der Waals surface area contributed by atoms with E-state index in [0.29, 0.717) is 6.42 Å². The van der Waals surface area contributed by atoms with Crippen molar-refractivity contribution in [2.24, 2.45) is 0 Å². The summed E-state index contributed by atoms with van der Waals surface area (Å²) in [6, 6.07) is 5.71. The highest BCUT2D eigenvalue weighted by atomic mass is 32.2. The minimum Gasteiger partial charge on any atom is -0.490 e. The van der Waals surface area contributed by atoms with Gasteiger partial charge in [0.25, 0.3) is 0 Å². The molecule has 1 aromatic rings. The first kappa shape index (κ1) is 14.5. The van der Waals surface area contributed by atoms with Crippen molar-refractivity contribution < 1.29 is 17.5 Å². The zero-order chi connectivity index (χ0) is 13.6. The molecule has 0 aromatic heterocycles. The molecule has 98 valence electrons. The fourth-order valence-corrected chi connectivity index (χ4v) is 2.14. The van der Waals surface area contributed by atoms with E-state index < -0.39 is 15.7 Å². The standard InChI is InChI=1S/C12H14FNO3S/c1-2-18(15,16)7-3-6-17-12-5-4-10(9-14)8-11(12)13/h4-5,8H,2-3,6-7H2,1H3. The van der Waals surface area contributed by atoms with Crippen LogP contribution in [-0.2, 0) is 9.84 Å². The highest BCUT2D eigenvalue weighted by molar-refractivity contribution is 7.91. The molecule has 1 rings (SSSR count). The number of rotatable bonds is 6. The summed E-state index contributed by atoms with van der Waals surface area (Å²) in [5, 5.41) is 8.56. The molecule has 0 bridgehead atoms. The summed E-state index contributed by atoms with van der Waals surface area (Å²) in [4.78, 5) is 0. The van der Waals surface area contributed by atoms with Crippen LogP contribution < -0.4 is 4.74 Å². The van der Waals surface area contributed by atoms with Gasteiger partial charge in [0.15, 0.2) is 11.6 Å². The molecule has 4 nitrogen and oxygen atoms in total. The zero-order valence-corrected chi connectivity index (χ0v) is 10.8. The highest BCUT2D eigenvalue weighted by Gasteiger charge is 2.08. The third-order valence-electron chi connectivity index (χ3n) is 2.36. The van der Waals surface area contributed by atoms with E-state index in [1.807, 2.05) is 6.07 Å². The number of halogens is 1. The predicted molar refractivity (Wildman–Crippen MR) is 65.6 cm³/mol. The van der Waals surface area contributed by atoms with E-state index in [4.69, 9.17) is 10.00 Å². The van der Waals surface area contributed by atoms with Crippen molar-refractivity contribution in [1.82, 2.24) is 0 Å². The minimum absolute atomic E-state index is 0.0292. The lowest BCUT2D eigenvalue weighted by Crippen LogP contribution is -2.12. The molecular weight excluding hydrogens is 257 g/mol. The molecule has 0 saturated carbocycles. The molecule has 0 saturated heterocycles. The van der Waals surface area contributed by atoms with Gasteiger partial charge in [-0.1, -0.05) is 6.92 Å². The number of nitrogens with zero attached hydrogens (tertiary/aromatic N) is 1. The second-order valence-electron chi connectivity index (χ2n) is 3.70. The van der Waals surface area contributed by atoms with Crippen LogP contribution in [0.2, 0.25) is 0 Å². The van der Waals surface area contributed by atoms with Crippen LogP contribution in [0.4, 0.5) is 4.39 Å². The van der Waals surface area contributed by atoms with Crippen molar-refractivity contribution in [3.05, 3.63) is 29.6 Å². The molecule has 0 spiro atoms. The number of nitriles is 1. The van der Waals surface area contributed by atoms with E-state index in [0.717, 1.165) is 6.07 Å². The molecule has 0 aliphatic rings. The van der Waals surface area contributed by atoms with Crippen molar-refractivity contribution in [2.75, 3.05) is 18.1 Å². The van der Waals surface area contributed by atoms with Crippen LogP contribution in [0.1, 0.15) is 18.9 Å². The molecule has 6 heteroatoms. The maximum absolute atomic E-state index is 13.4. The molecule has 0 fully saturated rings. The fraction of sp³-hybridized carbons (Fsp3) is 0.417. The fourth-order valence-electron chi connectivity index (χ4n) is 1.29. The Labute approximate surface area is 106 Å². The number of benzene rings is 1. The van der Waals surface area contributed by atoms with Crippen LogP contribution in [0.3, 0.4) is 0 Å². The predicted octanol–water partition coefficient (Wildman–Crippen LogP) is 1.90. The average molecular weight is 271 g/mol. The second kappa shape index (κ2) is 6.36. The summed E-state index contributed by atoms with van der Waals surface area (Å²) in [6.45, 7) is 1.71. The van der Waals surface area contributed by atoms with E-state index in [2.05, 4.69) is 0 Å². The van der Waals surface area contributed by atoms with Gasteiger partial charge in [0.1, 0.15) is 9.84 Å². The Kier molecular flexibility index (Phi) is 5.10. The van der Waals surface area contributed by atoms with Crippen LogP contribution >= 0.6 is 0 Å². The Bertz CT molecular complexity index is 549. The maximum Gasteiger partial charge on any atom is 0.166 e. The molecule has 0 amide bonds. The summed E-state index contributed by atoms with van der Waals surface area (Å²) >= 11 is 0. The number of hydrogen-bond donors (Lipinski definition) is 0. The van der Waals surface area contributed by atoms with Gasteiger partial charge >= 0.3 is 0 Å². The summed E-state index contributed by atoms with van der Waals surface area (Å²) in [7, 11) is -3.01. The monoisotopic (exact) mass is 271 g/mol. The first-order chi connectivity index (χ1) is 8.48. The van der Waals surface area contributed by atoms with Gasteiger partial charge in [-0.15, -0.1) is 0 Å². The van der Waals surface area contributed by atoms with Crippen LogP contribution in [-0.4, -0.2) is 26.5 Å². The number of sulfone groups is 1. The summed E-state index contributed by atoms with van der Waals surface area (Å²) in [5.74, 6) is -0.463. The van der Waals surface area contributed by atoms with E-state index >= 15 is 0 Å². The lowest BCUT2D eigenvalue weighted by molar-refractivity contribution is 0.301. The van der Waals surface area contributed by atoms with E-state index in [1.54, 1.807) is 6.92 Å². The Balaban J connectivity index is 2.48. The van der Waals surface area contributed by atoms with Gasteiger partial charge in [0, 0.05) is 5.75 Å². The largest absolute Gasteiger partial charge is 0.490 e. The van der Waals surface area contributed by atoms with Gasteiger partial charge in [0.05, 0.1) is 24.0 Å². The Hall–Kier alpha value is -1.61. The first-order valence-corrected chi connectivity index (χ1v) is 7.33. The van der Waals surface area contributed by atoms with E-state index in [-0.39, 0.29) is 29.4 Å². The first-order valence-electron chi connectivity index (χ1n) is 5.51. The molecule has 0 atom stereocenters. The van der Waals surface area contributed by atoms with E-state index in [9.17, 15) is 12.8 Å². The Morgan fingerprint density at radius 2 is 2.17 bits per heavy atom. The summed E-state index contributed by atoms with van der Waals surface area (Å²) in [5.41, 5.74) is 0.216. The summed E-state index contributed by atoms with van der Waals surface area (Å²) < 4.78 is 40.9. The third-order valence-corrected chi connectivity index (χ3v) is 4.15. The average Bonchev–Trinajstić information content (AvgIpc) is 2.36. The molecule has 0 radical (unpaired) electrons. The smallest absolute Gasteiger partial charge is 0.166 e. The summed E-state index contributed by atoms with van der Waals surface area (Å²) in [6.07, 6.45) is 0.315. The molecule has 1 aromatic carbocycles. The normalized spacial score (nSPS) is 10.9. The van der Waals surface area contributed by atoms with Gasteiger partial charge in [-0.05, 0) is 24.6 Å². The molecule has 18 heavy (non-hydrogen) atoms. The second-order valence-corrected chi connectivity index (χ2v) is 6.17. The van der Waals surface area contributed by atoms with Crippen LogP contribution in [0, 0.1) is 17.1 Å². The SMILES string of the molecule is CCS(=O)(=O)CCCOc1ccc(C#N)cc1F. The van der Waals surface area contributed by atoms with Crippen molar-refractivity contribution in [1.29, 1.82) is 5.26 Å². The molecule has 0 heterocycles. The van der Waals surface area contributed by atoms with Gasteiger partial charge in [-0.3, -0.25) is 0 Å². The van der Waals surface area contributed by atoms with Gasteiger partial charge in [-0.2, -0.15) is 5.26 Å². The van der Waals surface area contributed by atoms with Crippen LogP contribution in [0.5, 0.6) is 5.75 Å². The van der Waals surface area contributed by atoms with Gasteiger partial charge < -0.3 is 4.74 Å². The Morgan fingerprint density at radius 3 is 2.72 bits per heavy atom. The quantitative estimate of drug-likeness (QED) is 0.741. The zero-order valence-electron chi connectivity index (χ0n) is 10.0. The van der Waals surface area contributed by atoms with Crippen molar-refractivity contribution in [3.63, 3.8) is 0 Å². The minimum atomic E-state index is -3.01. The molecular formula is C12H14FNO3S. The van der Waals surface area contributed by atoms with Crippen LogP contribution in [0.15, 0.2) is 18.2 Å². The van der Waals surface area contributed by atoms with Gasteiger partial charge in [0.2, 0.25) is 0 Å². The topological polar surface area (TPSA) is 67.2 Å². The van der Waals surface area contributed by atoms with Crippen molar-refractivity contribution >= 4 is 9.84 Å². The van der Waals surface area contributed by atoms with Gasteiger partial charge in [-0.25, -0.2) is 12.8 Å². The lowest BCUT2D eigenvalue weighted by Gasteiger charge is -2.07. The van der Waals surface area contributed by atoms with E-state index in [1.165, 1.54) is 12.1 Å². The molecule has 0 aliphatic carbocycles. The third kappa shape index (κ3) is 4.34. The number of ether oxygens (including phenoxy) is 1. The maximum atomic E-state index is 13.4. The van der Waals surface area contributed by atoms with Crippen LogP contribution in [0.25, 0.3) is 0 Å². The lowest BCUT2D eigenvalue weighted by atomic mass is 10.2. The highest BCUT2D eigenvalue weighted by Crippen LogP contribution is 2.18. The van der Waals surface area contributed by atoms with Crippen molar-refractivity contribution in [2.45, 2.75) is 13.3 Å².